The van der Waals surface area contributed by atoms with E-state index in [4.69, 9.17) is 5.11 Å². The van der Waals surface area contributed by atoms with Gasteiger partial charge in [-0.15, -0.1) is 0 Å². The number of nitrogens with one attached hydrogen (secondary N) is 1. The van der Waals surface area contributed by atoms with Gasteiger partial charge in [0.25, 0.3) is 0 Å². The van der Waals surface area contributed by atoms with Crippen molar-refractivity contribution in [2.45, 2.75) is 27.2 Å². The molecule has 1 amide bonds. The zero-order chi connectivity index (χ0) is 20.6. The average Bonchev–Trinajstić information content (AvgIpc) is 2.51. The van der Waals surface area contributed by atoms with Crippen LogP contribution in [0.25, 0.3) is 0 Å². The Morgan fingerprint density at radius 2 is 1.44 bits per heavy atom. The van der Waals surface area contributed by atoms with Gasteiger partial charge in [-0.25, -0.2) is 9.59 Å². The van der Waals surface area contributed by atoms with Gasteiger partial charge in [-0.2, -0.15) is 0 Å². The molecule has 0 rings (SSSR count). The average molecular weight is 356 g/mol. The number of carboxylic acid groups (broad SMARTS) is 1. The number of hydrogen-bond donors (Lipinski definition) is 2. The number of amides is 1. The van der Waals surface area contributed by atoms with E-state index in [9.17, 15) is 14.4 Å². The first kappa shape index (κ1) is 27.4. The van der Waals surface area contributed by atoms with Gasteiger partial charge in [-0.05, 0) is 47.8 Å². The molecule has 0 spiro atoms. The summed E-state index contributed by atoms with van der Waals surface area (Å²) in [5.74, 6) is -1.33. The predicted octanol–water partition coefficient (Wildman–Crippen LogP) is 2.01. The first-order chi connectivity index (χ1) is 11.4. The van der Waals surface area contributed by atoms with Gasteiger partial charge >= 0.3 is 11.9 Å². The summed E-state index contributed by atoms with van der Waals surface area (Å²) in [6.07, 6.45) is 0.978. The molecule has 144 valence electrons. The minimum Gasteiger partial charge on any atom is -0.478 e. The van der Waals surface area contributed by atoms with Crippen LogP contribution in [0.3, 0.4) is 0 Å². The number of aliphatic carboxylic acids is 1. The summed E-state index contributed by atoms with van der Waals surface area (Å²) < 4.78 is 4.27. The van der Waals surface area contributed by atoms with Crippen molar-refractivity contribution in [2.75, 3.05) is 34.3 Å². The summed E-state index contributed by atoms with van der Waals surface area (Å²) in [5, 5.41) is 10.7. The van der Waals surface area contributed by atoms with Crippen molar-refractivity contribution in [3.8, 4) is 0 Å². The number of hydrogen-bond acceptors (Lipinski definition) is 5. The van der Waals surface area contributed by atoms with E-state index in [1.54, 1.807) is 13.8 Å². The quantitative estimate of drug-likeness (QED) is 0.411. The minimum absolute atomic E-state index is 0.0474. The molecule has 0 unspecified atom stereocenters. The molecule has 0 aromatic carbocycles. The highest BCUT2D eigenvalue weighted by molar-refractivity contribution is 5.92. The molecule has 0 aromatic heterocycles. The molecular formula is C18H32N2O5. The molecule has 0 atom stereocenters. The number of carbonyl (C=O) groups is 3. The summed E-state index contributed by atoms with van der Waals surface area (Å²) in [7, 11) is 5.36. The van der Waals surface area contributed by atoms with Crippen molar-refractivity contribution in [3.63, 3.8) is 0 Å². The monoisotopic (exact) mass is 356 g/mol. The lowest BCUT2D eigenvalue weighted by molar-refractivity contribution is -0.136. The minimum atomic E-state index is -0.935. The highest BCUT2D eigenvalue weighted by Gasteiger charge is 1.99. The molecule has 0 aromatic rings. The topological polar surface area (TPSA) is 95.9 Å². The summed E-state index contributed by atoms with van der Waals surface area (Å²) in [4.78, 5) is 32.8. The smallest absolute Gasteiger partial charge is 0.332 e. The molecular weight excluding hydrogens is 324 g/mol. The third-order valence-electron chi connectivity index (χ3n) is 2.35. The number of esters is 1. The van der Waals surface area contributed by atoms with Crippen LogP contribution in [0, 0.1) is 0 Å². The highest BCUT2D eigenvalue weighted by atomic mass is 16.5. The van der Waals surface area contributed by atoms with Crippen molar-refractivity contribution in [1.82, 2.24) is 10.2 Å². The Morgan fingerprint density at radius 1 is 1.00 bits per heavy atom. The Bertz CT molecular complexity index is 470. The molecule has 25 heavy (non-hydrogen) atoms. The van der Waals surface area contributed by atoms with E-state index in [1.165, 1.54) is 14.0 Å². The number of nitrogens with zero attached hydrogens (tertiary/aromatic N) is 1. The van der Waals surface area contributed by atoms with Gasteiger partial charge in [0, 0.05) is 23.3 Å². The third kappa shape index (κ3) is 24.0. The van der Waals surface area contributed by atoms with E-state index in [2.05, 4.69) is 34.7 Å². The predicted molar refractivity (Wildman–Crippen MR) is 100 cm³/mol. The van der Waals surface area contributed by atoms with Crippen LogP contribution in [0.1, 0.15) is 27.2 Å². The normalized spacial score (nSPS) is 8.76. The van der Waals surface area contributed by atoms with Crippen LogP contribution < -0.4 is 5.32 Å². The molecule has 0 aliphatic rings. The molecule has 7 heteroatoms. The number of ether oxygens (including phenoxy) is 1. The Kier molecular flexibility index (Phi) is 18.1. The van der Waals surface area contributed by atoms with Crippen LogP contribution >= 0.6 is 0 Å². The standard InChI is InChI=1S/C9H18N2O.C5H8O2.C4H6O2/c1-8(2)9(12)10-6-5-7-11(3)4;1-4(2)5(6)7-3;1-3(2)4(5)6/h1,5-7H2,2-4H3,(H,10,12);1H2,2-3H3;1H2,2H3,(H,5,6). The maximum atomic E-state index is 11.0. The zero-order valence-corrected chi connectivity index (χ0v) is 16.3. The molecule has 7 nitrogen and oxygen atoms in total. The lowest BCUT2D eigenvalue weighted by Gasteiger charge is -2.09. The fourth-order valence-electron chi connectivity index (χ4n) is 0.922. The van der Waals surface area contributed by atoms with Gasteiger partial charge in [0.2, 0.25) is 5.91 Å². The maximum Gasteiger partial charge on any atom is 0.332 e. The van der Waals surface area contributed by atoms with Crippen LogP contribution in [0.15, 0.2) is 36.5 Å². The van der Waals surface area contributed by atoms with E-state index >= 15 is 0 Å². The molecule has 0 fully saturated rings. The van der Waals surface area contributed by atoms with Crippen LogP contribution in [0.4, 0.5) is 0 Å². The second-order valence-electron chi connectivity index (χ2n) is 5.55. The van der Waals surface area contributed by atoms with Gasteiger partial charge in [-0.3, -0.25) is 4.79 Å². The lowest BCUT2D eigenvalue weighted by Crippen LogP contribution is -2.27. The van der Waals surface area contributed by atoms with Crippen molar-refractivity contribution in [2.24, 2.45) is 0 Å². The van der Waals surface area contributed by atoms with E-state index in [0.717, 1.165) is 19.5 Å². The maximum absolute atomic E-state index is 11.0. The summed E-state index contributed by atoms with van der Waals surface area (Å²) in [6.45, 7) is 16.5. The molecule has 2 N–H and O–H groups in total. The molecule has 0 aliphatic heterocycles. The largest absolute Gasteiger partial charge is 0.478 e. The van der Waals surface area contributed by atoms with Crippen molar-refractivity contribution < 1.29 is 24.2 Å². The van der Waals surface area contributed by atoms with E-state index < -0.39 is 5.97 Å². The summed E-state index contributed by atoms with van der Waals surface area (Å²) in [5.41, 5.74) is 1.18. The SMILES string of the molecule is C=C(C)C(=O)NCCCN(C)C.C=C(C)C(=O)O.C=C(C)C(=O)OC. The number of rotatable bonds is 7. The molecule has 0 heterocycles. The van der Waals surface area contributed by atoms with Crippen LogP contribution in [0.2, 0.25) is 0 Å². The fourth-order valence-corrected chi connectivity index (χ4v) is 0.922. The zero-order valence-electron chi connectivity index (χ0n) is 16.3. The molecule has 0 saturated heterocycles. The van der Waals surface area contributed by atoms with Crippen LogP contribution in [0.5, 0.6) is 0 Å². The number of carbonyl (C=O) groups excluding carboxylic acids is 2. The number of carboxylic acids is 1. The van der Waals surface area contributed by atoms with Crippen LogP contribution in [-0.2, 0) is 19.1 Å². The highest BCUT2D eigenvalue weighted by Crippen LogP contribution is 1.87. The Labute approximate surface area is 151 Å². The van der Waals surface area contributed by atoms with E-state index in [0.29, 0.717) is 11.1 Å². The molecule has 0 aliphatic carbocycles. The summed E-state index contributed by atoms with van der Waals surface area (Å²) >= 11 is 0. The first-order valence-corrected chi connectivity index (χ1v) is 7.57. The first-order valence-electron chi connectivity index (χ1n) is 7.57. The summed E-state index contributed by atoms with van der Waals surface area (Å²) in [6, 6.07) is 0. The fraction of sp³-hybridized carbons (Fsp3) is 0.500. The van der Waals surface area contributed by atoms with Crippen LogP contribution in [-0.4, -0.2) is 62.1 Å². The van der Waals surface area contributed by atoms with Gasteiger partial charge in [0.15, 0.2) is 0 Å². The Balaban J connectivity index is -0.000000317. The second kappa shape index (κ2) is 16.4. The van der Waals surface area contributed by atoms with Gasteiger partial charge < -0.3 is 20.1 Å². The van der Waals surface area contributed by atoms with Crippen molar-refractivity contribution in [1.29, 1.82) is 0 Å². The Morgan fingerprint density at radius 3 is 1.64 bits per heavy atom. The Hall–Kier alpha value is -2.41. The number of methoxy groups -OCH3 is 1. The van der Waals surface area contributed by atoms with E-state index in [1.807, 2.05) is 14.1 Å². The van der Waals surface area contributed by atoms with Gasteiger partial charge in [0.1, 0.15) is 0 Å². The van der Waals surface area contributed by atoms with Crippen molar-refractivity contribution >= 4 is 17.8 Å². The van der Waals surface area contributed by atoms with Gasteiger partial charge in [-0.1, -0.05) is 19.7 Å². The third-order valence-corrected chi connectivity index (χ3v) is 2.35. The van der Waals surface area contributed by atoms with E-state index in [-0.39, 0.29) is 17.4 Å². The lowest BCUT2D eigenvalue weighted by atomic mass is 10.3. The van der Waals surface area contributed by atoms with Gasteiger partial charge in [0.05, 0.1) is 7.11 Å². The second-order valence-corrected chi connectivity index (χ2v) is 5.55. The molecule has 0 saturated carbocycles. The molecule has 0 radical (unpaired) electrons. The van der Waals surface area contributed by atoms with Crippen molar-refractivity contribution in [3.05, 3.63) is 36.5 Å². The molecule has 0 bridgehead atoms.